The molecule has 1 aromatic carbocycles. The van der Waals surface area contributed by atoms with Gasteiger partial charge in [0.15, 0.2) is 5.82 Å². The molecule has 0 radical (unpaired) electrons. The number of amides is 2. The molecular weight excluding hydrogens is 348 g/mol. The van der Waals surface area contributed by atoms with Crippen molar-refractivity contribution in [1.82, 2.24) is 25.5 Å². The third kappa shape index (κ3) is 5.50. The third-order valence-electron chi connectivity index (χ3n) is 4.11. The molecule has 9 heteroatoms. The fourth-order valence-electron chi connectivity index (χ4n) is 2.65. The molecule has 27 heavy (non-hydrogen) atoms. The van der Waals surface area contributed by atoms with Crippen molar-refractivity contribution >= 4 is 17.7 Å². The van der Waals surface area contributed by atoms with Gasteiger partial charge in [-0.05, 0) is 61.4 Å². The van der Waals surface area contributed by atoms with Crippen molar-refractivity contribution in [2.24, 2.45) is 0 Å². The van der Waals surface area contributed by atoms with E-state index in [-0.39, 0.29) is 18.4 Å². The highest BCUT2D eigenvalue weighted by Gasteiger charge is 2.21. The number of aryl methyl sites for hydroxylation is 1. The van der Waals surface area contributed by atoms with Gasteiger partial charge in [0.1, 0.15) is 0 Å². The molecule has 1 aromatic heterocycles. The Hall–Kier alpha value is -2.97. The number of urea groups is 1. The molecule has 0 saturated carbocycles. The third-order valence-corrected chi connectivity index (χ3v) is 4.11. The van der Waals surface area contributed by atoms with Crippen molar-refractivity contribution in [3.05, 3.63) is 29.6 Å². The van der Waals surface area contributed by atoms with E-state index in [1.54, 1.807) is 24.6 Å². The van der Waals surface area contributed by atoms with Crippen LogP contribution < -0.4 is 10.6 Å². The lowest BCUT2D eigenvalue weighted by atomic mass is 9.99. The normalized spacial score (nSPS) is 11.5. The van der Waals surface area contributed by atoms with Crippen molar-refractivity contribution in [2.45, 2.75) is 58.9 Å². The van der Waals surface area contributed by atoms with Crippen LogP contribution in [-0.2, 0) is 4.79 Å². The number of hydrogen-bond acceptors (Lipinski definition) is 5. The van der Waals surface area contributed by atoms with Crippen LogP contribution in [0.2, 0.25) is 0 Å². The fourth-order valence-corrected chi connectivity index (χ4v) is 2.65. The van der Waals surface area contributed by atoms with Crippen LogP contribution in [0.4, 0.5) is 10.5 Å². The summed E-state index contributed by atoms with van der Waals surface area (Å²) >= 11 is 0. The monoisotopic (exact) mass is 374 g/mol. The highest BCUT2D eigenvalue weighted by Crippen LogP contribution is 2.22. The quantitative estimate of drug-likeness (QED) is 0.685. The first-order valence-corrected chi connectivity index (χ1v) is 8.79. The molecule has 0 aliphatic heterocycles. The molecule has 2 rings (SSSR count). The van der Waals surface area contributed by atoms with E-state index >= 15 is 0 Å². The van der Waals surface area contributed by atoms with Gasteiger partial charge in [-0.15, -0.1) is 5.10 Å². The first kappa shape index (κ1) is 20.3. The van der Waals surface area contributed by atoms with Crippen molar-refractivity contribution in [2.75, 3.05) is 5.32 Å². The summed E-state index contributed by atoms with van der Waals surface area (Å²) in [5, 5.41) is 26.2. The van der Waals surface area contributed by atoms with E-state index < -0.39 is 11.5 Å². The molecule has 0 atom stereocenters. The highest BCUT2D eigenvalue weighted by atomic mass is 16.4. The van der Waals surface area contributed by atoms with Crippen LogP contribution in [0.1, 0.15) is 57.8 Å². The van der Waals surface area contributed by atoms with Crippen LogP contribution >= 0.6 is 0 Å². The van der Waals surface area contributed by atoms with Gasteiger partial charge in [-0.2, -0.15) is 4.68 Å². The first-order valence-electron chi connectivity index (χ1n) is 8.79. The maximum absolute atomic E-state index is 12.2. The molecule has 0 aliphatic rings. The van der Waals surface area contributed by atoms with Crippen molar-refractivity contribution in [3.63, 3.8) is 0 Å². The molecular formula is C18H26N6O3. The Morgan fingerprint density at radius 2 is 2.00 bits per heavy atom. The van der Waals surface area contributed by atoms with Crippen LogP contribution in [0, 0.1) is 6.92 Å². The zero-order valence-corrected chi connectivity index (χ0v) is 16.3. The number of hydrogen-bond donors (Lipinski definition) is 3. The second kappa shape index (κ2) is 8.15. The fraction of sp³-hybridized carbons (Fsp3) is 0.500. The Balaban J connectivity index is 2.08. The van der Waals surface area contributed by atoms with Crippen LogP contribution in [0.3, 0.4) is 0 Å². The molecule has 0 aliphatic carbocycles. The standard InChI is InChI=1S/C18H26N6O3/c1-11(2)16-21-22-23-24(16)14-7-6-13(10-12(14)3)19-17(27)20-18(4,5)9-8-15(25)26/h6-7,10-11H,8-9H2,1-5H3,(H,25,26)(H2,19,20,27). The minimum absolute atomic E-state index is 0.00872. The SMILES string of the molecule is Cc1cc(NC(=O)NC(C)(C)CCC(=O)O)ccc1-n1nnnc1C(C)C. The maximum Gasteiger partial charge on any atom is 0.319 e. The molecule has 0 spiro atoms. The van der Waals surface area contributed by atoms with Gasteiger partial charge in [-0.3, -0.25) is 4.79 Å². The molecule has 3 N–H and O–H groups in total. The van der Waals surface area contributed by atoms with E-state index in [0.29, 0.717) is 12.1 Å². The number of tetrazole rings is 1. The Morgan fingerprint density at radius 1 is 1.30 bits per heavy atom. The lowest BCUT2D eigenvalue weighted by Gasteiger charge is -2.25. The van der Waals surface area contributed by atoms with Crippen LogP contribution in [-0.4, -0.2) is 42.9 Å². The number of benzene rings is 1. The van der Waals surface area contributed by atoms with Gasteiger partial charge < -0.3 is 15.7 Å². The number of carboxylic acids is 1. The molecule has 2 aromatic rings. The molecule has 0 unspecified atom stereocenters. The molecule has 1 heterocycles. The summed E-state index contributed by atoms with van der Waals surface area (Å²) in [6.45, 7) is 9.53. The Morgan fingerprint density at radius 3 is 2.59 bits per heavy atom. The van der Waals surface area contributed by atoms with E-state index in [2.05, 4.69) is 26.2 Å². The van der Waals surface area contributed by atoms with Gasteiger partial charge in [0, 0.05) is 23.6 Å². The average Bonchev–Trinajstić information content (AvgIpc) is 3.02. The molecule has 2 amide bonds. The van der Waals surface area contributed by atoms with E-state index in [1.165, 1.54) is 0 Å². The summed E-state index contributed by atoms with van der Waals surface area (Å²) in [7, 11) is 0. The van der Waals surface area contributed by atoms with Gasteiger partial charge in [0.25, 0.3) is 0 Å². The molecule has 146 valence electrons. The minimum Gasteiger partial charge on any atom is -0.481 e. The van der Waals surface area contributed by atoms with Gasteiger partial charge in [-0.25, -0.2) is 4.79 Å². The minimum atomic E-state index is -0.889. The van der Waals surface area contributed by atoms with Crippen molar-refractivity contribution < 1.29 is 14.7 Å². The molecule has 0 bridgehead atoms. The van der Waals surface area contributed by atoms with E-state index in [4.69, 9.17) is 5.11 Å². The van der Waals surface area contributed by atoms with E-state index in [1.807, 2.05) is 32.9 Å². The predicted molar refractivity (Wildman–Crippen MR) is 101 cm³/mol. The molecule has 0 saturated heterocycles. The Kier molecular flexibility index (Phi) is 6.14. The van der Waals surface area contributed by atoms with Crippen LogP contribution in [0.25, 0.3) is 5.69 Å². The van der Waals surface area contributed by atoms with Crippen molar-refractivity contribution in [3.8, 4) is 5.69 Å². The second-order valence-corrected chi connectivity index (χ2v) is 7.46. The average molecular weight is 374 g/mol. The number of rotatable bonds is 7. The molecule has 9 nitrogen and oxygen atoms in total. The number of aliphatic carboxylic acids is 1. The number of aromatic nitrogens is 4. The predicted octanol–water partition coefficient (Wildman–Crippen LogP) is 2.86. The summed E-state index contributed by atoms with van der Waals surface area (Å²) in [6.07, 6.45) is 0.330. The van der Waals surface area contributed by atoms with Gasteiger partial charge >= 0.3 is 12.0 Å². The zero-order valence-electron chi connectivity index (χ0n) is 16.3. The van der Waals surface area contributed by atoms with Crippen LogP contribution in [0.15, 0.2) is 18.2 Å². The largest absolute Gasteiger partial charge is 0.481 e. The number of carbonyl (C=O) groups is 2. The number of anilines is 1. The first-order chi connectivity index (χ1) is 12.6. The number of carbonyl (C=O) groups excluding carboxylic acids is 1. The summed E-state index contributed by atoms with van der Waals surface area (Å²) in [5.41, 5.74) is 1.75. The van der Waals surface area contributed by atoms with E-state index in [9.17, 15) is 9.59 Å². The number of carboxylic acid groups (broad SMARTS) is 1. The van der Waals surface area contributed by atoms with Gasteiger partial charge in [-0.1, -0.05) is 13.8 Å². The summed E-state index contributed by atoms with van der Waals surface area (Å²) in [4.78, 5) is 22.9. The zero-order chi connectivity index (χ0) is 20.2. The Labute approximate surface area is 158 Å². The maximum atomic E-state index is 12.2. The summed E-state index contributed by atoms with van der Waals surface area (Å²) in [5.74, 6) is 0.0487. The number of nitrogens with zero attached hydrogens (tertiary/aromatic N) is 4. The smallest absolute Gasteiger partial charge is 0.319 e. The van der Waals surface area contributed by atoms with Crippen molar-refractivity contribution in [1.29, 1.82) is 0 Å². The number of nitrogens with one attached hydrogen (secondary N) is 2. The topological polar surface area (TPSA) is 122 Å². The van der Waals surface area contributed by atoms with Gasteiger partial charge in [0.05, 0.1) is 5.69 Å². The van der Waals surface area contributed by atoms with E-state index in [0.717, 1.165) is 17.1 Å². The summed E-state index contributed by atoms with van der Waals surface area (Å²) in [6, 6.07) is 5.08. The lowest BCUT2D eigenvalue weighted by molar-refractivity contribution is -0.137. The van der Waals surface area contributed by atoms with Gasteiger partial charge in [0.2, 0.25) is 0 Å². The van der Waals surface area contributed by atoms with Crippen LogP contribution in [0.5, 0.6) is 0 Å². The Bertz CT molecular complexity index is 828. The summed E-state index contributed by atoms with van der Waals surface area (Å²) < 4.78 is 1.69. The second-order valence-electron chi connectivity index (χ2n) is 7.46. The molecule has 0 fully saturated rings. The highest BCUT2D eigenvalue weighted by molar-refractivity contribution is 5.90. The lowest BCUT2D eigenvalue weighted by Crippen LogP contribution is -2.45.